The molecule has 0 aliphatic carbocycles. The van der Waals surface area contributed by atoms with Crippen molar-refractivity contribution < 1.29 is 31.9 Å². The van der Waals surface area contributed by atoms with E-state index in [4.69, 9.17) is 9.66 Å². The van der Waals surface area contributed by atoms with E-state index in [0.717, 1.165) is 6.42 Å². The van der Waals surface area contributed by atoms with Gasteiger partial charge < -0.3 is 9.59 Å². The molecule has 1 atom stereocenters. The largest absolute Gasteiger partial charge is 0.477 e. The molecule has 7 nitrogen and oxygen atoms in total. The van der Waals surface area contributed by atoms with Crippen molar-refractivity contribution in [3.63, 3.8) is 0 Å². The molecule has 0 bridgehead atoms. The van der Waals surface area contributed by atoms with Crippen molar-refractivity contribution in [1.29, 1.82) is 0 Å². The standard InChI is InChI=1S/C10H15NO3S.C5H11NO2/c1-2-6-10(15(12,13)14)9-11-7-4-3-5-8-11;1-6(2,3)4-5(7)8/h3-5,7-8,10H,2,6,9H2,1H3;4H2,1-3H3/p+2. The van der Waals surface area contributed by atoms with Gasteiger partial charge in [0.05, 0.1) is 21.1 Å². The van der Waals surface area contributed by atoms with E-state index in [-0.39, 0.29) is 6.54 Å². The maximum Gasteiger partial charge on any atom is 0.359 e. The first kappa shape index (κ1) is 21.5. The third kappa shape index (κ3) is 11.7. The average molecular weight is 348 g/mol. The molecule has 23 heavy (non-hydrogen) atoms. The average Bonchev–Trinajstić information content (AvgIpc) is 2.36. The van der Waals surface area contributed by atoms with E-state index in [9.17, 15) is 13.2 Å². The number of pyridine rings is 1. The van der Waals surface area contributed by atoms with Crippen LogP contribution in [0.3, 0.4) is 0 Å². The Morgan fingerprint density at radius 2 is 1.70 bits per heavy atom. The lowest BCUT2D eigenvalue weighted by Gasteiger charge is -2.20. The predicted octanol–water partition coefficient (Wildman–Crippen LogP) is 0.808. The molecule has 1 rings (SSSR count). The van der Waals surface area contributed by atoms with Gasteiger partial charge in [-0.3, -0.25) is 4.55 Å². The smallest absolute Gasteiger partial charge is 0.359 e. The van der Waals surface area contributed by atoms with Crippen LogP contribution in [0.25, 0.3) is 0 Å². The molecule has 1 aromatic rings. The van der Waals surface area contributed by atoms with Gasteiger partial charge in [-0.05, 0) is 6.42 Å². The minimum atomic E-state index is -3.95. The highest BCUT2D eigenvalue weighted by molar-refractivity contribution is 7.86. The van der Waals surface area contributed by atoms with Crippen LogP contribution in [-0.4, -0.2) is 61.5 Å². The topological polar surface area (TPSA) is 95.5 Å². The molecule has 1 heterocycles. The van der Waals surface area contributed by atoms with Crippen molar-refractivity contribution in [3.05, 3.63) is 30.6 Å². The molecule has 132 valence electrons. The summed E-state index contributed by atoms with van der Waals surface area (Å²) >= 11 is 0. The maximum atomic E-state index is 11.1. The minimum Gasteiger partial charge on any atom is -0.477 e. The van der Waals surface area contributed by atoms with Crippen LogP contribution in [0, 0.1) is 0 Å². The van der Waals surface area contributed by atoms with E-state index in [2.05, 4.69) is 0 Å². The third-order valence-corrected chi connectivity index (χ3v) is 4.06. The summed E-state index contributed by atoms with van der Waals surface area (Å²) in [6, 6.07) is 5.51. The Balaban J connectivity index is 0.000000515. The number of aliphatic carboxylic acids is 1. The van der Waals surface area contributed by atoms with Gasteiger partial charge in [-0.2, -0.15) is 8.42 Å². The molecule has 0 saturated carbocycles. The predicted molar refractivity (Wildman–Crippen MR) is 87.4 cm³/mol. The fraction of sp³-hybridized carbons (Fsp3) is 0.600. The lowest BCUT2D eigenvalue weighted by molar-refractivity contribution is -0.862. The zero-order valence-corrected chi connectivity index (χ0v) is 15.0. The minimum absolute atomic E-state index is 0.181. The van der Waals surface area contributed by atoms with Gasteiger partial charge in [-0.15, -0.1) is 0 Å². The molecule has 8 heteroatoms. The van der Waals surface area contributed by atoms with Crippen LogP contribution in [0.1, 0.15) is 19.8 Å². The molecule has 2 N–H and O–H groups in total. The Kier molecular flexibility index (Phi) is 8.96. The number of aromatic nitrogens is 1. The summed E-state index contributed by atoms with van der Waals surface area (Å²) in [5.74, 6) is -0.752. The van der Waals surface area contributed by atoms with Gasteiger partial charge >= 0.3 is 5.97 Å². The summed E-state index contributed by atoms with van der Waals surface area (Å²) < 4.78 is 33.4. The maximum absolute atomic E-state index is 11.1. The van der Waals surface area contributed by atoms with E-state index in [1.54, 1.807) is 17.0 Å². The van der Waals surface area contributed by atoms with Crippen LogP contribution in [0.5, 0.6) is 0 Å². The van der Waals surface area contributed by atoms with Gasteiger partial charge in [0.15, 0.2) is 25.5 Å². The lowest BCUT2D eigenvalue weighted by atomic mass is 10.2. The van der Waals surface area contributed by atoms with E-state index >= 15 is 0 Å². The number of carboxylic acid groups (broad SMARTS) is 1. The van der Waals surface area contributed by atoms with Crippen LogP contribution in [0.15, 0.2) is 30.6 Å². The number of likely N-dealkylation sites (N-methyl/N-ethyl adjacent to an activating group) is 1. The highest BCUT2D eigenvalue weighted by Crippen LogP contribution is 2.07. The summed E-state index contributed by atoms with van der Waals surface area (Å²) in [5, 5.41) is 7.52. The number of quaternary nitrogens is 1. The zero-order valence-electron chi connectivity index (χ0n) is 14.2. The van der Waals surface area contributed by atoms with E-state index in [0.29, 0.717) is 17.4 Å². The van der Waals surface area contributed by atoms with Crippen LogP contribution in [0.4, 0.5) is 0 Å². The van der Waals surface area contributed by atoms with Crippen LogP contribution < -0.4 is 4.57 Å². The fourth-order valence-corrected chi connectivity index (χ4v) is 2.75. The molecule has 1 unspecified atom stereocenters. The second-order valence-corrected chi connectivity index (χ2v) is 8.04. The Morgan fingerprint density at radius 3 is 2.00 bits per heavy atom. The van der Waals surface area contributed by atoms with Crippen molar-refractivity contribution in [2.75, 3.05) is 27.7 Å². The van der Waals surface area contributed by atoms with E-state index < -0.39 is 21.3 Å². The summed E-state index contributed by atoms with van der Waals surface area (Å²) in [6.07, 6.45) is 4.78. The molecule has 0 spiro atoms. The SMILES string of the molecule is CCCC(C[n+]1ccccc1)S(=O)(=O)O.C[N+](C)(C)CC(=O)O. The van der Waals surface area contributed by atoms with E-state index in [1.165, 1.54) is 0 Å². The first-order chi connectivity index (χ1) is 10.5. The van der Waals surface area contributed by atoms with Crippen molar-refractivity contribution in [2.24, 2.45) is 0 Å². The summed E-state index contributed by atoms with van der Waals surface area (Å²) in [6.45, 7) is 2.38. The Morgan fingerprint density at radius 1 is 1.17 bits per heavy atom. The van der Waals surface area contributed by atoms with Gasteiger partial charge in [0, 0.05) is 12.1 Å². The van der Waals surface area contributed by atoms with Gasteiger partial charge in [0.1, 0.15) is 5.25 Å². The first-order valence-electron chi connectivity index (χ1n) is 7.38. The Hall–Kier alpha value is -1.51. The monoisotopic (exact) mass is 348 g/mol. The quantitative estimate of drug-likeness (QED) is 0.432. The van der Waals surface area contributed by atoms with Crippen LogP contribution >= 0.6 is 0 Å². The van der Waals surface area contributed by atoms with Gasteiger partial charge in [-0.25, -0.2) is 9.36 Å². The number of carboxylic acids is 1. The van der Waals surface area contributed by atoms with Crippen molar-refractivity contribution in [2.45, 2.75) is 31.6 Å². The molecule has 0 radical (unpaired) electrons. The second kappa shape index (κ2) is 9.59. The molecule has 0 saturated heterocycles. The summed E-state index contributed by atoms with van der Waals surface area (Å²) in [5.41, 5.74) is 0. The molecule has 0 aliphatic heterocycles. The highest BCUT2D eigenvalue weighted by Gasteiger charge is 2.26. The number of carbonyl (C=O) groups is 1. The number of hydrogen-bond acceptors (Lipinski definition) is 3. The number of rotatable bonds is 7. The van der Waals surface area contributed by atoms with Crippen LogP contribution in [-0.2, 0) is 21.5 Å². The van der Waals surface area contributed by atoms with E-state index in [1.807, 2.05) is 46.3 Å². The fourth-order valence-electron chi connectivity index (χ4n) is 1.85. The summed E-state index contributed by atoms with van der Waals surface area (Å²) in [4.78, 5) is 10.00. The number of hydrogen-bond donors (Lipinski definition) is 2. The molecule has 0 aliphatic rings. The Bertz CT molecular complexity index is 567. The van der Waals surface area contributed by atoms with Gasteiger partial charge in [0.25, 0.3) is 10.1 Å². The van der Waals surface area contributed by atoms with Gasteiger partial charge in [-0.1, -0.05) is 19.4 Å². The van der Waals surface area contributed by atoms with Crippen LogP contribution in [0.2, 0.25) is 0 Å². The molecule has 1 aromatic heterocycles. The highest BCUT2D eigenvalue weighted by atomic mass is 32.2. The Labute approximate surface area is 138 Å². The second-order valence-electron chi connectivity index (χ2n) is 6.34. The molecule has 0 amide bonds. The molecule has 0 fully saturated rings. The van der Waals surface area contributed by atoms with Gasteiger partial charge in [0.2, 0.25) is 0 Å². The van der Waals surface area contributed by atoms with Crippen molar-refractivity contribution in [1.82, 2.24) is 0 Å². The normalized spacial score (nSPS) is 12.9. The number of nitrogens with zero attached hydrogens (tertiary/aromatic N) is 2. The molecular weight excluding hydrogens is 320 g/mol. The van der Waals surface area contributed by atoms with Crippen molar-refractivity contribution >= 4 is 16.1 Å². The lowest BCUT2D eigenvalue weighted by Crippen LogP contribution is -2.42. The van der Waals surface area contributed by atoms with Crippen molar-refractivity contribution in [3.8, 4) is 0 Å². The summed E-state index contributed by atoms with van der Waals surface area (Å²) in [7, 11) is 1.58. The third-order valence-electron chi connectivity index (χ3n) is 2.83. The molecule has 0 aromatic carbocycles. The zero-order chi connectivity index (χ0) is 18.1. The molecular formula is C15H28N2O5S+2. The first-order valence-corrected chi connectivity index (χ1v) is 8.88.